The molecule has 3 nitrogen and oxygen atoms in total. The lowest BCUT2D eigenvalue weighted by Gasteiger charge is -2.24. The number of halogens is 2. The highest BCUT2D eigenvalue weighted by atomic mass is 35.5. The molecule has 1 saturated heterocycles. The zero-order valence-electron chi connectivity index (χ0n) is 7.80. The second-order valence-electron chi connectivity index (χ2n) is 3.27. The van der Waals surface area contributed by atoms with E-state index >= 15 is 0 Å². The Labute approximate surface area is 97.3 Å². The molecule has 1 aliphatic rings. The molecule has 1 aromatic carbocycles. The summed E-state index contributed by atoms with van der Waals surface area (Å²) in [6, 6.07) is 5.19. The minimum Gasteiger partial charge on any atom is -0.362 e. The zero-order valence-corrected chi connectivity index (χ0v) is 9.31. The van der Waals surface area contributed by atoms with Gasteiger partial charge in [-0.2, -0.15) is 0 Å². The monoisotopic (exact) mass is 245 g/mol. The molecule has 1 fully saturated rings. The van der Waals surface area contributed by atoms with Crippen molar-refractivity contribution in [1.82, 2.24) is 5.32 Å². The summed E-state index contributed by atoms with van der Waals surface area (Å²) in [4.78, 5) is 10.9. The number of rotatable bonds is 1. The van der Waals surface area contributed by atoms with Gasteiger partial charge in [0.2, 0.25) is 5.91 Å². The second kappa shape index (κ2) is 4.39. The second-order valence-corrected chi connectivity index (χ2v) is 4.11. The minimum absolute atomic E-state index is 0.0630. The molecule has 1 aromatic rings. The highest BCUT2D eigenvalue weighted by Gasteiger charge is 2.22. The SMILES string of the molecule is O=C1COC(c2cc(Cl)ccc2Cl)CN1. The first-order valence-corrected chi connectivity index (χ1v) is 5.25. The molecule has 1 heterocycles. The van der Waals surface area contributed by atoms with Crippen molar-refractivity contribution in [3.63, 3.8) is 0 Å². The number of nitrogens with one attached hydrogen (secondary N) is 1. The molecule has 2 rings (SSSR count). The number of carbonyl (C=O) groups excluding carboxylic acids is 1. The smallest absolute Gasteiger partial charge is 0.246 e. The number of amides is 1. The number of ether oxygens (including phenoxy) is 1. The molecule has 1 atom stereocenters. The van der Waals surface area contributed by atoms with Crippen LogP contribution in [0, 0.1) is 0 Å². The molecule has 0 spiro atoms. The normalized spacial score (nSPS) is 21.2. The average molecular weight is 246 g/mol. The van der Waals surface area contributed by atoms with Gasteiger partial charge in [0, 0.05) is 22.2 Å². The summed E-state index contributed by atoms with van der Waals surface area (Å²) >= 11 is 11.9. The lowest BCUT2D eigenvalue weighted by Crippen LogP contribution is -2.38. The molecule has 80 valence electrons. The number of hydrogen-bond donors (Lipinski definition) is 1. The molecule has 0 aliphatic carbocycles. The van der Waals surface area contributed by atoms with Crippen LogP contribution in [0.2, 0.25) is 10.0 Å². The van der Waals surface area contributed by atoms with Gasteiger partial charge in [0.1, 0.15) is 12.7 Å². The molecule has 1 aliphatic heterocycles. The molecular formula is C10H9Cl2NO2. The van der Waals surface area contributed by atoms with Gasteiger partial charge in [-0.05, 0) is 18.2 Å². The number of carbonyl (C=O) groups is 1. The van der Waals surface area contributed by atoms with Crippen LogP contribution in [0.15, 0.2) is 18.2 Å². The molecule has 0 aromatic heterocycles. The number of benzene rings is 1. The first kappa shape index (κ1) is 10.7. The summed E-state index contributed by atoms with van der Waals surface area (Å²) in [5, 5.41) is 3.92. The van der Waals surface area contributed by atoms with Crippen LogP contribution in [-0.4, -0.2) is 19.1 Å². The van der Waals surface area contributed by atoms with Crippen molar-refractivity contribution in [2.45, 2.75) is 6.10 Å². The third-order valence-corrected chi connectivity index (χ3v) is 2.78. The lowest BCUT2D eigenvalue weighted by molar-refractivity contribution is -0.133. The van der Waals surface area contributed by atoms with E-state index in [1.54, 1.807) is 18.2 Å². The van der Waals surface area contributed by atoms with E-state index in [9.17, 15) is 4.79 Å². The van der Waals surface area contributed by atoms with Crippen LogP contribution >= 0.6 is 23.2 Å². The van der Waals surface area contributed by atoms with E-state index in [2.05, 4.69) is 5.32 Å². The van der Waals surface area contributed by atoms with E-state index in [0.29, 0.717) is 16.6 Å². The van der Waals surface area contributed by atoms with E-state index in [4.69, 9.17) is 27.9 Å². The fourth-order valence-electron chi connectivity index (χ4n) is 1.45. The van der Waals surface area contributed by atoms with Crippen molar-refractivity contribution in [3.8, 4) is 0 Å². The summed E-state index contributed by atoms with van der Waals surface area (Å²) in [5.74, 6) is -0.107. The Morgan fingerprint density at radius 1 is 1.40 bits per heavy atom. The molecule has 1 N–H and O–H groups in total. The zero-order chi connectivity index (χ0) is 10.8. The molecule has 1 amide bonds. The molecular weight excluding hydrogens is 237 g/mol. The number of morpholine rings is 1. The summed E-state index contributed by atoms with van der Waals surface area (Å²) in [6.07, 6.45) is -0.214. The Morgan fingerprint density at radius 3 is 2.87 bits per heavy atom. The Morgan fingerprint density at radius 2 is 2.20 bits per heavy atom. The maximum Gasteiger partial charge on any atom is 0.246 e. The molecule has 0 saturated carbocycles. The largest absolute Gasteiger partial charge is 0.362 e. The quantitative estimate of drug-likeness (QED) is 0.824. The van der Waals surface area contributed by atoms with Gasteiger partial charge in [-0.1, -0.05) is 23.2 Å². The van der Waals surface area contributed by atoms with Crippen molar-refractivity contribution in [1.29, 1.82) is 0 Å². The predicted octanol–water partition coefficient (Wildman–Crippen LogP) is 2.18. The van der Waals surface area contributed by atoms with Crippen LogP contribution in [0.5, 0.6) is 0 Å². The maximum absolute atomic E-state index is 10.9. The molecule has 0 bridgehead atoms. The van der Waals surface area contributed by atoms with Crippen LogP contribution in [0.1, 0.15) is 11.7 Å². The predicted molar refractivity (Wildman–Crippen MR) is 58.2 cm³/mol. The van der Waals surface area contributed by atoms with Gasteiger partial charge < -0.3 is 10.1 Å². The topological polar surface area (TPSA) is 38.3 Å². The van der Waals surface area contributed by atoms with E-state index in [1.165, 1.54) is 0 Å². The van der Waals surface area contributed by atoms with Gasteiger partial charge in [-0.25, -0.2) is 0 Å². The summed E-state index contributed by atoms with van der Waals surface area (Å²) in [7, 11) is 0. The maximum atomic E-state index is 10.9. The van der Waals surface area contributed by atoms with Crippen molar-refractivity contribution in [3.05, 3.63) is 33.8 Å². The van der Waals surface area contributed by atoms with Crippen molar-refractivity contribution >= 4 is 29.1 Å². The van der Waals surface area contributed by atoms with Crippen LogP contribution in [0.3, 0.4) is 0 Å². The van der Waals surface area contributed by atoms with Crippen molar-refractivity contribution in [2.75, 3.05) is 13.2 Å². The van der Waals surface area contributed by atoms with Gasteiger partial charge >= 0.3 is 0 Å². The lowest BCUT2D eigenvalue weighted by atomic mass is 10.1. The molecule has 1 unspecified atom stereocenters. The number of hydrogen-bond acceptors (Lipinski definition) is 2. The fourth-order valence-corrected chi connectivity index (χ4v) is 1.87. The van der Waals surface area contributed by atoms with Crippen LogP contribution in [0.25, 0.3) is 0 Å². The van der Waals surface area contributed by atoms with E-state index in [-0.39, 0.29) is 18.6 Å². The summed E-state index contributed by atoms with van der Waals surface area (Å²) < 4.78 is 5.36. The molecule has 0 radical (unpaired) electrons. The third kappa shape index (κ3) is 2.43. The van der Waals surface area contributed by atoms with Gasteiger partial charge in [-0.15, -0.1) is 0 Å². The Bertz CT molecular complexity index is 385. The fraction of sp³-hybridized carbons (Fsp3) is 0.300. The highest BCUT2D eigenvalue weighted by Crippen LogP contribution is 2.29. The van der Waals surface area contributed by atoms with Gasteiger partial charge in [0.25, 0.3) is 0 Å². The van der Waals surface area contributed by atoms with Gasteiger partial charge in [0.15, 0.2) is 0 Å². The average Bonchev–Trinajstić information content (AvgIpc) is 2.23. The van der Waals surface area contributed by atoms with E-state index < -0.39 is 0 Å². The standard InChI is InChI=1S/C10H9Cl2NO2/c11-6-1-2-8(12)7(3-6)9-4-13-10(14)5-15-9/h1-3,9H,4-5H2,(H,13,14). The van der Waals surface area contributed by atoms with E-state index in [0.717, 1.165) is 5.56 Å². The minimum atomic E-state index is -0.214. The Hall–Kier alpha value is -0.770. The molecule has 15 heavy (non-hydrogen) atoms. The molecule has 5 heteroatoms. The van der Waals surface area contributed by atoms with Crippen LogP contribution in [0.4, 0.5) is 0 Å². The first-order valence-electron chi connectivity index (χ1n) is 4.50. The summed E-state index contributed by atoms with van der Waals surface area (Å²) in [5.41, 5.74) is 0.809. The Kier molecular flexibility index (Phi) is 3.14. The van der Waals surface area contributed by atoms with Crippen LogP contribution in [-0.2, 0) is 9.53 Å². The van der Waals surface area contributed by atoms with E-state index in [1.807, 2.05) is 0 Å². The Balaban J connectivity index is 2.21. The van der Waals surface area contributed by atoms with Crippen molar-refractivity contribution in [2.24, 2.45) is 0 Å². The van der Waals surface area contributed by atoms with Crippen LogP contribution < -0.4 is 5.32 Å². The van der Waals surface area contributed by atoms with Gasteiger partial charge in [0.05, 0.1) is 0 Å². The van der Waals surface area contributed by atoms with Crippen molar-refractivity contribution < 1.29 is 9.53 Å². The summed E-state index contributed by atoms with van der Waals surface area (Å²) in [6.45, 7) is 0.492. The first-order chi connectivity index (χ1) is 7.16. The van der Waals surface area contributed by atoms with Gasteiger partial charge in [-0.3, -0.25) is 4.79 Å². The third-order valence-electron chi connectivity index (χ3n) is 2.21. The highest BCUT2D eigenvalue weighted by molar-refractivity contribution is 6.33.